The third-order valence-electron chi connectivity index (χ3n) is 6.40. The molecule has 0 radical (unpaired) electrons. The fourth-order valence-electron chi connectivity index (χ4n) is 4.72. The first-order valence-corrected chi connectivity index (χ1v) is 10.7. The highest BCUT2D eigenvalue weighted by atomic mass is 16.2. The molecule has 1 unspecified atom stereocenters. The summed E-state index contributed by atoms with van der Waals surface area (Å²) in [5.41, 5.74) is 2.14. The molecular formula is C24H25N5O2. The number of benzene rings is 1. The number of aromatic nitrogens is 3. The summed E-state index contributed by atoms with van der Waals surface area (Å²) >= 11 is 0. The Hall–Kier alpha value is -3.48. The van der Waals surface area contributed by atoms with Gasteiger partial charge in [-0.15, -0.1) is 0 Å². The van der Waals surface area contributed by atoms with Crippen molar-refractivity contribution in [2.24, 2.45) is 5.41 Å². The van der Waals surface area contributed by atoms with Gasteiger partial charge in [0.05, 0.1) is 24.2 Å². The SMILES string of the molecule is O=C(c1cccc(Cn2cccn2)c1)N1CCC2(CCN(Cc3ccccn3)C2=O)C1. The van der Waals surface area contributed by atoms with Crippen LogP contribution in [-0.2, 0) is 17.9 Å². The summed E-state index contributed by atoms with van der Waals surface area (Å²) in [5.74, 6) is 0.149. The predicted molar refractivity (Wildman–Crippen MR) is 115 cm³/mol. The standard InChI is InChI=1S/C24H25N5O2/c30-22(20-6-3-5-19(15-20)16-29-12-4-11-26-29)28-14-9-24(18-28)8-13-27(23(24)31)17-21-7-1-2-10-25-21/h1-7,10-12,15H,8-9,13-14,16-18H2. The molecule has 7 nitrogen and oxygen atoms in total. The molecule has 0 N–H and O–H groups in total. The zero-order valence-corrected chi connectivity index (χ0v) is 17.4. The molecule has 2 aliphatic heterocycles. The molecular weight excluding hydrogens is 390 g/mol. The monoisotopic (exact) mass is 415 g/mol. The van der Waals surface area contributed by atoms with E-state index in [0.29, 0.717) is 31.7 Å². The molecule has 1 aromatic carbocycles. The van der Waals surface area contributed by atoms with Crippen LogP contribution in [0.1, 0.15) is 34.5 Å². The van der Waals surface area contributed by atoms with E-state index in [-0.39, 0.29) is 11.8 Å². The van der Waals surface area contributed by atoms with E-state index >= 15 is 0 Å². The topological polar surface area (TPSA) is 71.3 Å². The van der Waals surface area contributed by atoms with Crippen molar-refractivity contribution in [3.63, 3.8) is 0 Å². The maximum atomic E-state index is 13.2. The summed E-state index contributed by atoms with van der Waals surface area (Å²) in [6.07, 6.45) is 6.92. The molecule has 4 heterocycles. The van der Waals surface area contributed by atoms with Crippen LogP contribution in [-0.4, -0.2) is 56.0 Å². The van der Waals surface area contributed by atoms with Crippen LogP contribution >= 0.6 is 0 Å². The van der Waals surface area contributed by atoms with Crippen molar-refractivity contribution >= 4 is 11.8 Å². The molecule has 3 aromatic rings. The molecule has 0 aliphatic carbocycles. The lowest BCUT2D eigenvalue weighted by Crippen LogP contribution is -2.38. The van der Waals surface area contributed by atoms with Gasteiger partial charge in [-0.2, -0.15) is 5.10 Å². The summed E-state index contributed by atoms with van der Waals surface area (Å²) in [6, 6.07) is 15.3. The number of amides is 2. The molecule has 2 amide bonds. The van der Waals surface area contributed by atoms with Crippen LogP contribution in [0, 0.1) is 5.41 Å². The number of pyridine rings is 1. The first-order chi connectivity index (χ1) is 15.1. The fourth-order valence-corrected chi connectivity index (χ4v) is 4.72. The molecule has 2 saturated heterocycles. The number of hydrogen-bond donors (Lipinski definition) is 0. The summed E-state index contributed by atoms with van der Waals surface area (Å²) in [6.45, 7) is 2.98. The average molecular weight is 415 g/mol. The van der Waals surface area contributed by atoms with Crippen molar-refractivity contribution in [3.05, 3.63) is 83.9 Å². The van der Waals surface area contributed by atoms with Gasteiger partial charge in [0.2, 0.25) is 5.91 Å². The fraction of sp³-hybridized carbons (Fsp3) is 0.333. The van der Waals surface area contributed by atoms with E-state index in [1.807, 2.05) is 69.2 Å². The normalized spacial score (nSPS) is 20.7. The van der Waals surface area contributed by atoms with Gasteiger partial charge in [-0.1, -0.05) is 18.2 Å². The zero-order chi connectivity index (χ0) is 21.3. The smallest absolute Gasteiger partial charge is 0.253 e. The maximum Gasteiger partial charge on any atom is 0.253 e. The number of carbonyl (C=O) groups is 2. The highest BCUT2D eigenvalue weighted by molar-refractivity contribution is 5.96. The van der Waals surface area contributed by atoms with Crippen LogP contribution in [0.15, 0.2) is 67.1 Å². The Bertz CT molecular complexity index is 1080. The van der Waals surface area contributed by atoms with Gasteiger partial charge in [-0.3, -0.25) is 19.3 Å². The summed E-state index contributed by atoms with van der Waals surface area (Å²) in [7, 11) is 0. The Labute approximate surface area is 181 Å². The lowest BCUT2D eigenvalue weighted by atomic mass is 9.85. The molecule has 31 heavy (non-hydrogen) atoms. The Morgan fingerprint density at radius 1 is 1.00 bits per heavy atom. The molecule has 7 heteroatoms. The molecule has 5 rings (SSSR count). The van der Waals surface area contributed by atoms with Crippen LogP contribution in [0.5, 0.6) is 0 Å². The number of nitrogens with zero attached hydrogens (tertiary/aromatic N) is 5. The highest BCUT2D eigenvalue weighted by Gasteiger charge is 2.51. The maximum absolute atomic E-state index is 13.2. The van der Waals surface area contributed by atoms with Gasteiger partial charge in [0, 0.05) is 43.8 Å². The van der Waals surface area contributed by atoms with E-state index < -0.39 is 5.41 Å². The lowest BCUT2D eigenvalue weighted by Gasteiger charge is -2.23. The number of carbonyl (C=O) groups excluding carboxylic acids is 2. The van der Waals surface area contributed by atoms with Crippen molar-refractivity contribution in [2.75, 3.05) is 19.6 Å². The van der Waals surface area contributed by atoms with Gasteiger partial charge in [-0.25, -0.2) is 0 Å². The van der Waals surface area contributed by atoms with Gasteiger partial charge in [0.1, 0.15) is 0 Å². The minimum absolute atomic E-state index is 0.00448. The van der Waals surface area contributed by atoms with Crippen molar-refractivity contribution in [1.29, 1.82) is 0 Å². The van der Waals surface area contributed by atoms with Crippen molar-refractivity contribution in [3.8, 4) is 0 Å². The first kappa shape index (κ1) is 19.5. The van der Waals surface area contributed by atoms with Crippen LogP contribution in [0.2, 0.25) is 0 Å². The number of likely N-dealkylation sites (tertiary alicyclic amines) is 2. The summed E-state index contributed by atoms with van der Waals surface area (Å²) < 4.78 is 1.84. The van der Waals surface area contributed by atoms with E-state index in [1.165, 1.54) is 0 Å². The van der Waals surface area contributed by atoms with Crippen LogP contribution in [0.4, 0.5) is 0 Å². The lowest BCUT2D eigenvalue weighted by molar-refractivity contribution is -0.135. The molecule has 2 fully saturated rings. The molecule has 1 atom stereocenters. The van der Waals surface area contributed by atoms with Gasteiger partial charge in [0.15, 0.2) is 0 Å². The average Bonchev–Trinajstić information content (AvgIpc) is 3.53. The minimum Gasteiger partial charge on any atom is -0.338 e. The van der Waals surface area contributed by atoms with Gasteiger partial charge in [0.25, 0.3) is 5.91 Å². The quantitative estimate of drug-likeness (QED) is 0.642. The van der Waals surface area contributed by atoms with E-state index in [9.17, 15) is 9.59 Å². The van der Waals surface area contributed by atoms with Crippen molar-refractivity contribution in [2.45, 2.75) is 25.9 Å². The van der Waals surface area contributed by atoms with E-state index in [1.54, 1.807) is 12.4 Å². The molecule has 2 aromatic heterocycles. The van der Waals surface area contributed by atoms with Crippen LogP contribution < -0.4 is 0 Å². The van der Waals surface area contributed by atoms with Crippen LogP contribution in [0.3, 0.4) is 0 Å². The second-order valence-corrected chi connectivity index (χ2v) is 8.46. The Morgan fingerprint density at radius 3 is 2.71 bits per heavy atom. The second-order valence-electron chi connectivity index (χ2n) is 8.46. The first-order valence-electron chi connectivity index (χ1n) is 10.7. The van der Waals surface area contributed by atoms with Crippen molar-refractivity contribution in [1.82, 2.24) is 24.6 Å². The second kappa shape index (κ2) is 7.98. The Balaban J connectivity index is 1.26. The van der Waals surface area contributed by atoms with Gasteiger partial charge >= 0.3 is 0 Å². The molecule has 158 valence electrons. The predicted octanol–water partition coefficient (Wildman–Crippen LogP) is 2.59. The zero-order valence-electron chi connectivity index (χ0n) is 17.4. The van der Waals surface area contributed by atoms with Gasteiger partial charge < -0.3 is 9.80 Å². The summed E-state index contributed by atoms with van der Waals surface area (Å²) in [5, 5.41) is 4.23. The molecule has 2 aliphatic rings. The van der Waals surface area contributed by atoms with Crippen molar-refractivity contribution < 1.29 is 9.59 Å². The van der Waals surface area contributed by atoms with E-state index in [2.05, 4.69) is 10.1 Å². The Kier molecular flexibility index (Phi) is 5.02. The van der Waals surface area contributed by atoms with Gasteiger partial charge in [-0.05, 0) is 48.7 Å². The molecule has 0 bridgehead atoms. The van der Waals surface area contributed by atoms with E-state index in [0.717, 1.165) is 30.6 Å². The molecule has 0 saturated carbocycles. The Morgan fingerprint density at radius 2 is 1.90 bits per heavy atom. The molecule has 1 spiro atoms. The third kappa shape index (κ3) is 3.83. The minimum atomic E-state index is -0.447. The number of hydrogen-bond acceptors (Lipinski definition) is 4. The highest BCUT2D eigenvalue weighted by Crippen LogP contribution is 2.41. The van der Waals surface area contributed by atoms with Crippen LogP contribution in [0.25, 0.3) is 0 Å². The third-order valence-corrected chi connectivity index (χ3v) is 6.40. The number of rotatable bonds is 5. The largest absolute Gasteiger partial charge is 0.338 e. The van der Waals surface area contributed by atoms with E-state index in [4.69, 9.17) is 0 Å². The summed E-state index contributed by atoms with van der Waals surface area (Å²) in [4.78, 5) is 34.5.